The summed E-state index contributed by atoms with van der Waals surface area (Å²) in [6.45, 7) is 4.00. The van der Waals surface area contributed by atoms with Gasteiger partial charge in [-0.25, -0.2) is 0 Å². The molecule has 1 fully saturated rings. The Morgan fingerprint density at radius 3 is 2.79 bits per heavy atom. The molecule has 0 spiro atoms. The summed E-state index contributed by atoms with van der Waals surface area (Å²) in [4.78, 5) is 27.4. The largest absolute Gasteiger partial charge is 0.465 e. The number of nitrogens with zero attached hydrogens (tertiary/aromatic N) is 1. The van der Waals surface area contributed by atoms with Crippen LogP contribution in [0, 0.1) is 11.8 Å². The summed E-state index contributed by atoms with van der Waals surface area (Å²) in [5.41, 5.74) is 3.45. The lowest BCUT2D eigenvalue weighted by molar-refractivity contribution is -0.151. The summed E-state index contributed by atoms with van der Waals surface area (Å²) in [6.07, 6.45) is 0.871. The molecule has 1 amide bonds. The highest BCUT2D eigenvalue weighted by Gasteiger charge is 2.60. The Hall–Kier alpha value is -1.85. The van der Waals surface area contributed by atoms with Crippen LogP contribution in [-0.4, -0.2) is 29.9 Å². The molecule has 4 atom stereocenters. The van der Waals surface area contributed by atoms with Crippen LogP contribution in [0.2, 0.25) is 5.02 Å². The molecule has 2 aromatic rings. The summed E-state index contributed by atoms with van der Waals surface area (Å²) < 4.78 is 6.08. The third kappa shape index (κ3) is 3.95. The SMILES string of the molecule is CCOC(=O)CN(C(=O)C1C2Cc3cc(Cl)ccc3C21)C(C)c1cccc(Br)c1. The summed E-state index contributed by atoms with van der Waals surface area (Å²) in [5.74, 6) is 0.110. The number of carbonyl (C=O) groups is 2. The molecule has 4 rings (SSSR count). The molecule has 152 valence electrons. The van der Waals surface area contributed by atoms with Gasteiger partial charge in [-0.3, -0.25) is 9.59 Å². The highest BCUT2D eigenvalue weighted by molar-refractivity contribution is 9.10. The number of benzene rings is 2. The number of halogens is 2. The maximum absolute atomic E-state index is 13.5. The predicted molar refractivity (Wildman–Crippen MR) is 116 cm³/mol. The molecule has 0 heterocycles. The summed E-state index contributed by atoms with van der Waals surface area (Å²) >= 11 is 9.61. The average Bonchev–Trinajstić information content (AvgIpc) is 3.27. The van der Waals surface area contributed by atoms with Crippen molar-refractivity contribution < 1.29 is 14.3 Å². The number of amides is 1. The van der Waals surface area contributed by atoms with Gasteiger partial charge in [-0.2, -0.15) is 0 Å². The Bertz CT molecular complexity index is 963. The lowest BCUT2D eigenvalue weighted by Crippen LogP contribution is -2.40. The lowest BCUT2D eigenvalue weighted by atomic mass is 10.0. The first-order valence-electron chi connectivity index (χ1n) is 9.90. The third-order valence-electron chi connectivity index (χ3n) is 6.06. The van der Waals surface area contributed by atoms with E-state index in [4.69, 9.17) is 16.3 Å². The van der Waals surface area contributed by atoms with E-state index in [-0.39, 0.29) is 36.3 Å². The van der Waals surface area contributed by atoms with Gasteiger partial charge in [-0.1, -0.05) is 45.7 Å². The quantitative estimate of drug-likeness (QED) is 0.542. The van der Waals surface area contributed by atoms with Crippen LogP contribution in [0.5, 0.6) is 0 Å². The molecule has 4 unspecified atom stereocenters. The Morgan fingerprint density at radius 2 is 2.07 bits per heavy atom. The fourth-order valence-corrected chi connectivity index (χ4v) is 5.22. The molecule has 6 heteroatoms. The molecular formula is C23H23BrClNO3. The van der Waals surface area contributed by atoms with Crippen molar-refractivity contribution in [2.75, 3.05) is 13.2 Å². The second-order valence-electron chi connectivity index (χ2n) is 7.76. The minimum absolute atomic E-state index is 0.0288. The number of esters is 1. The molecule has 1 saturated carbocycles. The van der Waals surface area contributed by atoms with Gasteiger partial charge in [0.05, 0.1) is 12.6 Å². The van der Waals surface area contributed by atoms with Gasteiger partial charge in [0.25, 0.3) is 0 Å². The number of rotatable bonds is 6. The topological polar surface area (TPSA) is 46.6 Å². The van der Waals surface area contributed by atoms with Gasteiger partial charge in [0.15, 0.2) is 0 Å². The van der Waals surface area contributed by atoms with Crippen LogP contribution in [0.4, 0.5) is 0 Å². The highest BCUT2D eigenvalue weighted by Crippen LogP contribution is 2.62. The fraction of sp³-hybridized carbons (Fsp3) is 0.391. The van der Waals surface area contributed by atoms with Crippen LogP contribution >= 0.6 is 27.5 Å². The van der Waals surface area contributed by atoms with Gasteiger partial charge in [0.1, 0.15) is 6.54 Å². The first-order valence-corrected chi connectivity index (χ1v) is 11.1. The molecule has 29 heavy (non-hydrogen) atoms. The monoisotopic (exact) mass is 475 g/mol. The van der Waals surface area contributed by atoms with Gasteiger partial charge >= 0.3 is 5.97 Å². The molecule has 0 bridgehead atoms. The molecular weight excluding hydrogens is 454 g/mol. The van der Waals surface area contributed by atoms with Crippen molar-refractivity contribution in [3.63, 3.8) is 0 Å². The van der Waals surface area contributed by atoms with Crippen LogP contribution in [0.15, 0.2) is 46.9 Å². The van der Waals surface area contributed by atoms with Gasteiger partial charge in [0.2, 0.25) is 5.91 Å². The predicted octanol–water partition coefficient (Wildman–Crippen LogP) is 5.14. The van der Waals surface area contributed by atoms with Gasteiger partial charge in [-0.05, 0) is 73.1 Å². The van der Waals surface area contributed by atoms with E-state index in [1.165, 1.54) is 11.1 Å². The number of ether oxygens (including phenoxy) is 1. The highest BCUT2D eigenvalue weighted by atomic mass is 79.9. The van der Waals surface area contributed by atoms with E-state index in [9.17, 15) is 9.59 Å². The maximum Gasteiger partial charge on any atom is 0.325 e. The fourth-order valence-electron chi connectivity index (χ4n) is 4.61. The van der Waals surface area contributed by atoms with Crippen molar-refractivity contribution in [1.29, 1.82) is 0 Å². The van der Waals surface area contributed by atoms with E-state index in [0.29, 0.717) is 12.5 Å². The van der Waals surface area contributed by atoms with Crippen molar-refractivity contribution in [2.45, 2.75) is 32.2 Å². The van der Waals surface area contributed by atoms with E-state index in [0.717, 1.165) is 21.5 Å². The second kappa shape index (κ2) is 8.11. The van der Waals surface area contributed by atoms with Gasteiger partial charge in [0, 0.05) is 15.4 Å². The minimum atomic E-state index is -0.374. The van der Waals surface area contributed by atoms with E-state index in [2.05, 4.69) is 15.9 Å². The maximum atomic E-state index is 13.5. The first-order chi connectivity index (χ1) is 13.9. The zero-order valence-electron chi connectivity index (χ0n) is 16.4. The zero-order chi connectivity index (χ0) is 20.7. The Labute approximate surface area is 184 Å². The van der Waals surface area contributed by atoms with E-state index < -0.39 is 0 Å². The molecule has 2 aromatic carbocycles. The minimum Gasteiger partial charge on any atom is -0.465 e. The normalized spacial score (nSPS) is 22.4. The number of hydrogen-bond donors (Lipinski definition) is 0. The van der Waals surface area contributed by atoms with Crippen molar-refractivity contribution in [1.82, 2.24) is 4.90 Å². The smallest absolute Gasteiger partial charge is 0.325 e. The molecule has 0 aliphatic heterocycles. The molecule has 0 radical (unpaired) electrons. The van der Waals surface area contributed by atoms with Crippen molar-refractivity contribution >= 4 is 39.4 Å². The molecule has 0 saturated heterocycles. The first kappa shape index (κ1) is 20.4. The van der Waals surface area contributed by atoms with E-state index in [1.54, 1.807) is 11.8 Å². The number of hydrogen-bond acceptors (Lipinski definition) is 3. The van der Waals surface area contributed by atoms with Crippen molar-refractivity contribution in [2.24, 2.45) is 11.8 Å². The van der Waals surface area contributed by atoms with Crippen LogP contribution in [0.1, 0.15) is 42.5 Å². The van der Waals surface area contributed by atoms with Gasteiger partial charge in [-0.15, -0.1) is 0 Å². The van der Waals surface area contributed by atoms with Crippen LogP contribution in [-0.2, 0) is 20.7 Å². The molecule has 0 N–H and O–H groups in total. The molecule has 4 nitrogen and oxygen atoms in total. The second-order valence-corrected chi connectivity index (χ2v) is 9.12. The standard InChI is InChI=1S/C23H23BrClNO3/c1-3-29-20(27)12-26(13(2)14-5-4-6-16(24)9-14)23(28)22-19-11-15-10-17(25)7-8-18(15)21(19)22/h4-10,13,19,21-22H,3,11-12H2,1-2H3. The van der Waals surface area contributed by atoms with Crippen molar-refractivity contribution in [3.05, 3.63) is 68.7 Å². The zero-order valence-corrected chi connectivity index (χ0v) is 18.7. The summed E-state index contributed by atoms with van der Waals surface area (Å²) in [7, 11) is 0. The Balaban J connectivity index is 1.57. The third-order valence-corrected chi connectivity index (χ3v) is 6.79. The average molecular weight is 477 g/mol. The van der Waals surface area contributed by atoms with E-state index >= 15 is 0 Å². The number of fused-ring (bicyclic) bond motifs is 3. The van der Waals surface area contributed by atoms with Crippen molar-refractivity contribution in [3.8, 4) is 0 Å². The number of carbonyl (C=O) groups excluding carboxylic acids is 2. The van der Waals surface area contributed by atoms with Crippen LogP contribution in [0.3, 0.4) is 0 Å². The van der Waals surface area contributed by atoms with Crippen LogP contribution < -0.4 is 0 Å². The van der Waals surface area contributed by atoms with Gasteiger partial charge < -0.3 is 9.64 Å². The van der Waals surface area contributed by atoms with E-state index in [1.807, 2.05) is 49.4 Å². The summed E-state index contributed by atoms with van der Waals surface area (Å²) in [6, 6.07) is 13.6. The Kier molecular flexibility index (Phi) is 5.71. The lowest BCUT2D eigenvalue weighted by Gasteiger charge is -2.30. The molecule has 2 aliphatic carbocycles. The summed E-state index contributed by atoms with van der Waals surface area (Å²) in [5, 5.41) is 0.736. The molecule has 0 aromatic heterocycles. The van der Waals surface area contributed by atoms with Crippen LogP contribution in [0.25, 0.3) is 0 Å². The molecule has 2 aliphatic rings. The Morgan fingerprint density at radius 1 is 1.28 bits per heavy atom.